The molecule has 1 aliphatic rings. The highest BCUT2D eigenvalue weighted by Gasteiger charge is 2.34. The maximum atomic E-state index is 12.5. The Morgan fingerprint density at radius 1 is 1.43 bits per heavy atom. The number of hydrogen-bond donors (Lipinski definition) is 2. The standard InChI is InChI=1S/C13H11F3N2O3/c1-6-11(12(20)21)8(4-10(19)18-6)7-2-3-9(17-5-7)13(14,15)16/h2-3,5,8H,4H2,1H3,(H,18,19)(H,20,21). The number of halogens is 3. The van der Waals surface area contributed by atoms with Crippen molar-refractivity contribution in [2.45, 2.75) is 25.4 Å². The van der Waals surface area contributed by atoms with Crippen molar-refractivity contribution in [3.63, 3.8) is 0 Å². The number of allylic oxidation sites excluding steroid dienone is 1. The summed E-state index contributed by atoms with van der Waals surface area (Å²) in [6.45, 7) is 1.44. The molecule has 0 fully saturated rings. The van der Waals surface area contributed by atoms with Gasteiger partial charge in [-0.1, -0.05) is 6.07 Å². The Kier molecular flexibility index (Phi) is 3.71. The summed E-state index contributed by atoms with van der Waals surface area (Å²) in [5, 5.41) is 11.6. The molecule has 1 aliphatic heterocycles. The summed E-state index contributed by atoms with van der Waals surface area (Å²) < 4.78 is 37.4. The molecule has 0 radical (unpaired) electrons. The number of aliphatic carboxylic acids is 1. The van der Waals surface area contributed by atoms with E-state index in [2.05, 4.69) is 10.3 Å². The smallest absolute Gasteiger partial charge is 0.433 e. The Balaban J connectivity index is 2.42. The lowest BCUT2D eigenvalue weighted by molar-refractivity contribution is -0.141. The Hall–Kier alpha value is -2.38. The summed E-state index contributed by atoms with van der Waals surface area (Å²) >= 11 is 0. The zero-order chi connectivity index (χ0) is 15.8. The molecule has 0 bridgehead atoms. The first-order chi connectivity index (χ1) is 9.70. The molecule has 112 valence electrons. The highest BCUT2D eigenvalue weighted by molar-refractivity contribution is 5.94. The highest BCUT2D eigenvalue weighted by atomic mass is 19.4. The lowest BCUT2D eigenvalue weighted by Gasteiger charge is -2.25. The van der Waals surface area contributed by atoms with Crippen molar-refractivity contribution in [2.24, 2.45) is 0 Å². The summed E-state index contributed by atoms with van der Waals surface area (Å²) in [5.41, 5.74) is -0.668. The first-order valence-corrected chi connectivity index (χ1v) is 5.97. The molecule has 1 aromatic heterocycles. The highest BCUT2D eigenvalue weighted by Crippen LogP contribution is 2.34. The van der Waals surface area contributed by atoms with Crippen molar-refractivity contribution in [3.8, 4) is 0 Å². The lowest BCUT2D eigenvalue weighted by atomic mass is 9.85. The van der Waals surface area contributed by atoms with Crippen LogP contribution in [0.25, 0.3) is 0 Å². The van der Waals surface area contributed by atoms with E-state index in [-0.39, 0.29) is 29.2 Å². The summed E-state index contributed by atoms with van der Waals surface area (Å²) in [6, 6.07) is 1.92. The van der Waals surface area contributed by atoms with E-state index in [0.717, 1.165) is 18.3 Å². The summed E-state index contributed by atoms with van der Waals surface area (Å²) in [7, 11) is 0. The van der Waals surface area contributed by atoms with Crippen molar-refractivity contribution in [2.75, 3.05) is 0 Å². The van der Waals surface area contributed by atoms with Crippen LogP contribution < -0.4 is 5.32 Å². The number of amides is 1. The molecule has 0 spiro atoms. The molecule has 5 nitrogen and oxygen atoms in total. The molecule has 0 aromatic carbocycles. The van der Waals surface area contributed by atoms with Gasteiger partial charge >= 0.3 is 12.1 Å². The number of carbonyl (C=O) groups excluding carboxylic acids is 1. The van der Waals surface area contributed by atoms with Gasteiger partial charge < -0.3 is 10.4 Å². The minimum atomic E-state index is -4.57. The minimum Gasteiger partial charge on any atom is -0.478 e. The number of rotatable bonds is 2. The number of hydrogen-bond acceptors (Lipinski definition) is 3. The molecular weight excluding hydrogens is 289 g/mol. The average Bonchev–Trinajstić information content (AvgIpc) is 2.36. The minimum absolute atomic E-state index is 0.0452. The molecule has 2 rings (SSSR count). The van der Waals surface area contributed by atoms with Crippen LogP contribution in [0.5, 0.6) is 0 Å². The number of carboxylic acid groups (broad SMARTS) is 1. The van der Waals surface area contributed by atoms with E-state index in [9.17, 15) is 27.9 Å². The number of pyridine rings is 1. The van der Waals surface area contributed by atoms with E-state index in [0.29, 0.717) is 0 Å². The van der Waals surface area contributed by atoms with Gasteiger partial charge in [-0.3, -0.25) is 9.78 Å². The van der Waals surface area contributed by atoms with Crippen molar-refractivity contribution >= 4 is 11.9 Å². The third-order valence-electron chi connectivity index (χ3n) is 3.18. The number of nitrogens with one attached hydrogen (secondary N) is 1. The van der Waals surface area contributed by atoms with Gasteiger partial charge in [-0.2, -0.15) is 13.2 Å². The van der Waals surface area contributed by atoms with Crippen LogP contribution in [0.15, 0.2) is 29.6 Å². The van der Waals surface area contributed by atoms with Crippen LogP contribution >= 0.6 is 0 Å². The van der Waals surface area contributed by atoms with Gasteiger partial charge in [0.1, 0.15) is 5.69 Å². The van der Waals surface area contributed by atoms with Crippen molar-refractivity contribution in [3.05, 3.63) is 40.9 Å². The van der Waals surface area contributed by atoms with E-state index in [4.69, 9.17) is 0 Å². The molecular formula is C13H11F3N2O3. The summed E-state index contributed by atoms with van der Waals surface area (Å²) in [5.74, 6) is -2.43. The van der Waals surface area contributed by atoms with Crippen molar-refractivity contribution in [1.82, 2.24) is 10.3 Å². The van der Waals surface area contributed by atoms with Gasteiger partial charge in [-0.05, 0) is 18.6 Å². The fourth-order valence-electron chi connectivity index (χ4n) is 2.25. The normalized spacial score (nSPS) is 19.4. The summed E-state index contributed by atoms with van der Waals surface area (Å²) in [6.07, 6.45) is -3.75. The predicted molar refractivity (Wildman–Crippen MR) is 65.1 cm³/mol. The molecule has 2 heterocycles. The zero-order valence-corrected chi connectivity index (χ0v) is 10.9. The SMILES string of the molecule is CC1=C(C(=O)O)C(c2ccc(C(F)(F)F)nc2)CC(=O)N1. The van der Waals surface area contributed by atoms with Crippen LogP contribution in [0.4, 0.5) is 13.2 Å². The molecule has 1 unspecified atom stereocenters. The van der Waals surface area contributed by atoms with Gasteiger partial charge in [0, 0.05) is 24.2 Å². The van der Waals surface area contributed by atoms with E-state index >= 15 is 0 Å². The van der Waals surface area contributed by atoms with Gasteiger partial charge in [-0.15, -0.1) is 0 Å². The predicted octanol–water partition coefficient (Wildman–Crippen LogP) is 2.06. The lowest BCUT2D eigenvalue weighted by Crippen LogP contribution is -2.33. The van der Waals surface area contributed by atoms with Crippen LogP contribution in [0.2, 0.25) is 0 Å². The molecule has 0 saturated heterocycles. The van der Waals surface area contributed by atoms with Gasteiger partial charge in [0.15, 0.2) is 0 Å². The molecule has 0 saturated carbocycles. The second-order valence-electron chi connectivity index (χ2n) is 4.62. The molecule has 0 aliphatic carbocycles. The average molecular weight is 300 g/mol. The quantitative estimate of drug-likeness (QED) is 0.876. The second-order valence-corrected chi connectivity index (χ2v) is 4.62. The fourth-order valence-corrected chi connectivity index (χ4v) is 2.25. The maximum Gasteiger partial charge on any atom is 0.433 e. The molecule has 1 amide bonds. The summed E-state index contributed by atoms with van der Waals surface area (Å²) in [4.78, 5) is 26.1. The van der Waals surface area contributed by atoms with E-state index < -0.39 is 23.8 Å². The Morgan fingerprint density at radius 2 is 2.10 bits per heavy atom. The van der Waals surface area contributed by atoms with Gasteiger partial charge in [0.25, 0.3) is 0 Å². The number of carboxylic acids is 1. The third kappa shape index (κ3) is 3.04. The van der Waals surface area contributed by atoms with Crippen LogP contribution in [0.1, 0.15) is 30.5 Å². The molecule has 21 heavy (non-hydrogen) atoms. The van der Waals surface area contributed by atoms with Crippen LogP contribution in [-0.2, 0) is 15.8 Å². The number of alkyl halides is 3. The Morgan fingerprint density at radius 3 is 2.57 bits per heavy atom. The second kappa shape index (κ2) is 5.19. The topological polar surface area (TPSA) is 79.3 Å². The molecule has 1 aromatic rings. The number of carbonyl (C=O) groups is 2. The zero-order valence-electron chi connectivity index (χ0n) is 10.9. The number of nitrogens with zero attached hydrogens (tertiary/aromatic N) is 1. The fraction of sp³-hybridized carbons (Fsp3) is 0.308. The van der Waals surface area contributed by atoms with Gasteiger partial charge in [0.05, 0.1) is 5.57 Å². The monoisotopic (exact) mass is 300 g/mol. The van der Waals surface area contributed by atoms with Crippen LogP contribution in [0.3, 0.4) is 0 Å². The van der Waals surface area contributed by atoms with Crippen molar-refractivity contribution < 1.29 is 27.9 Å². The van der Waals surface area contributed by atoms with Crippen molar-refractivity contribution in [1.29, 1.82) is 0 Å². The molecule has 2 N–H and O–H groups in total. The number of aromatic nitrogens is 1. The van der Waals surface area contributed by atoms with E-state index in [1.54, 1.807) is 0 Å². The molecule has 8 heteroatoms. The largest absolute Gasteiger partial charge is 0.478 e. The van der Waals surface area contributed by atoms with E-state index in [1.807, 2.05) is 0 Å². The molecule has 1 atom stereocenters. The maximum absolute atomic E-state index is 12.5. The Bertz CT molecular complexity index is 621. The first kappa shape index (κ1) is 15.0. The Labute approximate surface area is 117 Å². The first-order valence-electron chi connectivity index (χ1n) is 5.97. The van der Waals surface area contributed by atoms with E-state index in [1.165, 1.54) is 6.92 Å². The van der Waals surface area contributed by atoms with Crippen LogP contribution in [0, 0.1) is 0 Å². The third-order valence-corrected chi connectivity index (χ3v) is 3.18. The van der Waals surface area contributed by atoms with Gasteiger partial charge in [-0.25, -0.2) is 4.79 Å². The van der Waals surface area contributed by atoms with Gasteiger partial charge in [0.2, 0.25) is 5.91 Å². The van der Waals surface area contributed by atoms with Crippen LogP contribution in [-0.4, -0.2) is 22.0 Å².